The van der Waals surface area contributed by atoms with E-state index in [4.69, 9.17) is 4.74 Å². The molecule has 1 N–H and O–H groups in total. The third kappa shape index (κ3) is 5.31. The SMILES string of the molecule is C1CCCC(OCCCCNC2CC2)CC1. The van der Waals surface area contributed by atoms with Gasteiger partial charge < -0.3 is 10.1 Å². The Bertz CT molecular complexity index is 172. The van der Waals surface area contributed by atoms with Crippen molar-refractivity contribution in [2.24, 2.45) is 0 Å². The van der Waals surface area contributed by atoms with Gasteiger partial charge in [-0.1, -0.05) is 25.7 Å². The van der Waals surface area contributed by atoms with E-state index in [-0.39, 0.29) is 0 Å². The van der Waals surface area contributed by atoms with Crippen molar-refractivity contribution in [2.45, 2.75) is 76.4 Å². The lowest BCUT2D eigenvalue weighted by molar-refractivity contribution is 0.0410. The van der Waals surface area contributed by atoms with E-state index in [0.29, 0.717) is 6.10 Å². The van der Waals surface area contributed by atoms with Crippen molar-refractivity contribution in [1.82, 2.24) is 5.32 Å². The van der Waals surface area contributed by atoms with Gasteiger partial charge >= 0.3 is 0 Å². The van der Waals surface area contributed by atoms with Gasteiger partial charge in [-0.25, -0.2) is 0 Å². The predicted molar refractivity (Wildman–Crippen MR) is 67.7 cm³/mol. The third-order valence-electron chi connectivity index (χ3n) is 3.74. The van der Waals surface area contributed by atoms with Crippen LogP contribution in [-0.2, 0) is 4.74 Å². The Morgan fingerprint density at radius 2 is 1.62 bits per heavy atom. The van der Waals surface area contributed by atoms with Gasteiger partial charge in [0, 0.05) is 12.6 Å². The molecule has 2 aliphatic rings. The Morgan fingerprint density at radius 1 is 0.875 bits per heavy atom. The Labute approximate surface area is 100 Å². The number of hydrogen-bond donors (Lipinski definition) is 1. The lowest BCUT2D eigenvalue weighted by Crippen LogP contribution is -2.18. The van der Waals surface area contributed by atoms with E-state index < -0.39 is 0 Å². The largest absolute Gasteiger partial charge is 0.378 e. The van der Waals surface area contributed by atoms with Crippen molar-refractivity contribution in [2.75, 3.05) is 13.2 Å². The van der Waals surface area contributed by atoms with E-state index in [9.17, 15) is 0 Å². The molecule has 0 unspecified atom stereocenters. The summed E-state index contributed by atoms with van der Waals surface area (Å²) in [6.45, 7) is 2.18. The van der Waals surface area contributed by atoms with E-state index in [0.717, 1.165) is 12.6 Å². The van der Waals surface area contributed by atoms with Crippen LogP contribution in [0, 0.1) is 0 Å². The van der Waals surface area contributed by atoms with Crippen molar-refractivity contribution in [3.05, 3.63) is 0 Å². The zero-order chi connectivity index (χ0) is 11.1. The Hall–Kier alpha value is -0.0800. The van der Waals surface area contributed by atoms with Gasteiger partial charge in [0.2, 0.25) is 0 Å². The molecule has 2 aliphatic carbocycles. The molecule has 0 aliphatic heterocycles. The maximum absolute atomic E-state index is 5.96. The van der Waals surface area contributed by atoms with Gasteiger partial charge in [0.15, 0.2) is 0 Å². The van der Waals surface area contributed by atoms with E-state index in [1.165, 1.54) is 70.8 Å². The van der Waals surface area contributed by atoms with Crippen LogP contribution in [0.2, 0.25) is 0 Å². The highest BCUT2D eigenvalue weighted by atomic mass is 16.5. The van der Waals surface area contributed by atoms with Gasteiger partial charge in [0.1, 0.15) is 0 Å². The van der Waals surface area contributed by atoms with Gasteiger partial charge in [0.05, 0.1) is 6.10 Å². The van der Waals surface area contributed by atoms with Gasteiger partial charge in [-0.05, 0) is 45.1 Å². The normalized spacial score (nSPS) is 23.2. The van der Waals surface area contributed by atoms with Gasteiger partial charge in [-0.2, -0.15) is 0 Å². The maximum Gasteiger partial charge on any atom is 0.0575 e. The van der Waals surface area contributed by atoms with Crippen LogP contribution in [0.15, 0.2) is 0 Å². The molecule has 94 valence electrons. The summed E-state index contributed by atoms with van der Waals surface area (Å²) in [6, 6.07) is 0.864. The fourth-order valence-electron chi connectivity index (χ4n) is 2.48. The monoisotopic (exact) mass is 225 g/mol. The lowest BCUT2D eigenvalue weighted by atomic mass is 10.1. The molecule has 0 bridgehead atoms. The van der Waals surface area contributed by atoms with Crippen LogP contribution in [-0.4, -0.2) is 25.3 Å². The summed E-state index contributed by atoms with van der Waals surface area (Å²) in [5, 5.41) is 3.55. The fourth-order valence-corrected chi connectivity index (χ4v) is 2.48. The minimum atomic E-state index is 0.582. The second-order valence-corrected chi connectivity index (χ2v) is 5.42. The molecule has 0 heterocycles. The minimum Gasteiger partial charge on any atom is -0.378 e. The molecule has 2 heteroatoms. The molecule has 0 atom stereocenters. The molecule has 2 rings (SSSR count). The summed E-state index contributed by atoms with van der Waals surface area (Å²) in [5.41, 5.74) is 0. The van der Waals surface area contributed by atoms with Gasteiger partial charge in [-0.3, -0.25) is 0 Å². The smallest absolute Gasteiger partial charge is 0.0575 e. The number of rotatable bonds is 7. The summed E-state index contributed by atoms with van der Waals surface area (Å²) in [6.07, 6.45) is 14.1. The average molecular weight is 225 g/mol. The first-order valence-corrected chi connectivity index (χ1v) is 7.30. The molecule has 2 fully saturated rings. The first kappa shape index (κ1) is 12.4. The van der Waals surface area contributed by atoms with Crippen molar-refractivity contribution in [3.8, 4) is 0 Å². The molecule has 0 amide bonds. The highest BCUT2D eigenvalue weighted by Crippen LogP contribution is 2.20. The lowest BCUT2D eigenvalue weighted by Gasteiger charge is -2.15. The van der Waals surface area contributed by atoms with E-state index in [1.807, 2.05) is 0 Å². The molecule has 0 aromatic heterocycles. The zero-order valence-corrected chi connectivity index (χ0v) is 10.5. The molecule has 2 nitrogen and oxygen atoms in total. The number of nitrogens with one attached hydrogen (secondary N) is 1. The van der Waals surface area contributed by atoms with Crippen molar-refractivity contribution >= 4 is 0 Å². The topological polar surface area (TPSA) is 21.3 Å². The fraction of sp³-hybridized carbons (Fsp3) is 1.00. The quantitative estimate of drug-likeness (QED) is 0.530. The molecular formula is C14H27NO. The van der Waals surface area contributed by atoms with Crippen molar-refractivity contribution in [3.63, 3.8) is 0 Å². The van der Waals surface area contributed by atoms with E-state index in [2.05, 4.69) is 5.32 Å². The molecule has 16 heavy (non-hydrogen) atoms. The summed E-state index contributed by atoms with van der Waals surface area (Å²) in [7, 11) is 0. The maximum atomic E-state index is 5.96. The van der Waals surface area contributed by atoms with Crippen LogP contribution in [0.1, 0.15) is 64.2 Å². The van der Waals surface area contributed by atoms with Crippen molar-refractivity contribution in [1.29, 1.82) is 0 Å². The van der Waals surface area contributed by atoms with E-state index in [1.54, 1.807) is 0 Å². The number of hydrogen-bond acceptors (Lipinski definition) is 2. The zero-order valence-electron chi connectivity index (χ0n) is 10.5. The van der Waals surface area contributed by atoms with Crippen molar-refractivity contribution < 1.29 is 4.74 Å². The second-order valence-electron chi connectivity index (χ2n) is 5.42. The van der Waals surface area contributed by atoms with Crippen LogP contribution in [0.3, 0.4) is 0 Å². The molecule has 0 saturated heterocycles. The van der Waals surface area contributed by atoms with Crippen LogP contribution < -0.4 is 5.32 Å². The minimum absolute atomic E-state index is 0.582. The summed E-state index contributed by atoms with van der Waals surface area (Å²) in [4.78, 5) is 0. The average Bonchev–Trinajstić information content (AvgIpc) is 3.10. The summed E-state index contributed by atoms with van der Waals surface area (Å²) in [5.74, 6) is 0. The first-order chi connectivity index (χ1) is 7.95. The predicted octanol–water partition coefficient (Wildman–Crippen LogP) is 3.26. The molecular weight excluding hydrogens is 198 g/mol. The summed E-state index contributed by atoms with van der Waals surface area (Å²) >= 11 is 0. The first-order valence-electron chi connectivity index (χ1n) is 7.30. The number of unbranched alkanes of at least 4 members (excludes halogenated alkanes) is 1. The summed E-state index contributed by atoms with van der Waals surface area (Å²) < 4.78 is 5.96. The highest BCUT2D eigenvalue weighted by molar-refractivity contribution is 4.80. The number of ether oxygens (including phenoxy) is 1. The standard InChI is InChI=1S/C14H27NO/c1-2-4-8-14(7-3-1)16-12-6-5-11-15-13-9-10-13/h13-15H,1-12H2. The second kappa shape index (κ2) is 7.29. The molecule has 0 radical (unpaired) electrons. The Kier molecular flexibility index (Phi) is 5.64. The highest BCUT2D eigenvalue weighted by Gasteiger charge is 2.19. The molecule has 0 aromatic carbocycles. The van der Waals surface area contributed by atoms with Gasteiger partial charge in [-0.15, -0.1) is 0 Å². The Balaban J connectivity index is 1.40. The van der Waals surface area contributed by atoms with Crippen LogP contribution in [0.5, 0.6) is 0 Å². The van der Waals surface area contributed by atoms with E-state index >= 15 is 0 Å². The van der Waals surface area contributed by atoms with Crippen LogP contribution in [0.4, 0.5) is 0 Å². The molecule has 2 saturated carbocycles. The third-order valence-corrected chi connectivity index (χ3v) is 3.74. The van der Waals surface area contributed by atoms with Crippen LogP contribution >= 0.6 is 0 Å². The molecule has 0 spiro atoms. The van der Waals surface area contributed by atoms with Gasteiger partial charge in [0.25, 0.3) is 0 Å². The Morgan fingerprint density at radius 3 is 2.31 bits per heavy atom. The molecule has 0 aromatic rings. The van der Waals surface area contributed by atoms with Crippen LogP contribution in [0.25, 0.3) is 0 Å².